The van der Waals surface area contributed by atoms with Gasteiger partial charge in [-0.25, -0.2) is 9.86 Å². The minimum Gasteiger partial charge on any atom is -0.322 e. The Labute approximate surface area is 143 Å². The van der Waals surface area contributed by atoms with E-state index in [1.807, 2.05) is 18.2 Å². The molecule has 2 unspecified atom stereocenters. The number of nitrogens with zero attached hydrogens (tertiary/aromatic N) is 2. The highest BCUT2D eigenvalue weighted by molar-refractivity contribution is 5.71. The topological polar surface area (TPSA) is 44.8 Å². The standard InChI is InChI=1S/C19H27N3O2/c1-19(2)12-22(17-7-5-4-6-16(17)19)24-18(23)20-13-10-14-8-9-15(11-13)21(14)3/h4-7,13-15H,8-12H2,1-3H3,(H,20,23). The highest BCUT2D eigenvalue weighted by Gasteiger charge is 2.40. The molecule has 5 nitrogen and oxygen atoms in total. The van der Waals surface area contributed by atoms with Gasteiger partial charge in [0.1, 0.15) is 0 Å². The van der Waals surface area contributed by atoms with Crippen molar-refractivity contribution in [2.45, 2.75) is 63.1 Å². The van der Waals surface area contributed by atoms with Gasteiger partial charge in [0.05, 0.1) is 12.2 Å². The maximum atomic E-state index is 12.4. The fourth-order valence-corrected chi connectivity index (χ4v) is 4.70. The molecule has 1 aromatic carbocycles. The van der Waals surface area contributed by atoms with Crippen molar-refractivity contribution in [3.63, 3.8) is 0 Å². The maximum absolute atomic E-state index is 12.4. The molecule has 1 N–H and O–H groups in total. The maximum Gasteiger partial charge on any atom is 0.431 e. The molecule has 5 heteroatoms. The summed E-state index contributed by atoms with van der Waals surface area (Å²) in [4.78, 5) is 20.6. The van der Waals surface area contributed by atoms with Crippen LogP contribution in [-0.4, -0.2) is 42.7 Å². The van der Waals surface area contributed by atoms with Crippen LogP contribution in [0.1, 0.15) is 45.1 Å². The number of amides is 1. The molecular formula is C19H27N3O2. The Balaban J connectivity index is 1.39. The van der Waals surface area contributed by atoms with Crippen molar-refractivity contribution in [2.75, 3.05) is 18.7 Å². The monoisotopic (exact) mass is 329 g/mol. The Morgan fingerprint density at radius 1 is 1.21 bits per heavy atom. The number of nitrogens with one attached hydrogen (secondary N) is 1. The summed E-state index contributed by atoms with van der Waals surface area (Å²) in [6.45, 7) is 5.06. The second-order valence-corrected chi connectivity index (χ2v) is 8.18. The van der Waals surface area contributed by atoms with Crippen molar-refractivity contribution in [1.29, 1.82) is 0 Å². The third-order valence-corrected chi connectivity index (χ3v) is 6.05. The van der Waals surface area contributed by atoms with E-state index in [0.717, 1.165) is 18.5 Å². The van der Waals surface area contributed by atoms with Gasteiger partial charge in [-0.05, 0) is 44.4 Å². The molecule has 0 aliphatic carbocycles. The molecule has 1 aromatic rings. The predicted octanol–water partition coefficient (Wildman–Crippen LogP) is 3.05. The van der Waals surface area contributed by atoms with Crippen LogP contribution in [0.25, 0.3) is 0 Å². The Kier molecular flexibility index (Phi) is 3.71. The molecule has 2 bridgehead atoms. The summed E-state index contributed by atoms with van der Waals surface area (Å²) in [7, 11) is 2.21. The molecule has 0 spiro atoms. The molecule has 3 heterocycles. The van der Waals surface area contributed by atoms with Crippen LogP contribution >= 0.6 is 0 Å². The minimum atomic E-state index is -0.323. The van der Waals surface area contributed by atoms with Crippen molar-refractivity contribution in [3.05, 3.63) is 29.8 Å². The van der Waals surface area contributed by atoms with E-state index in [1.54, 1.807) is 5.06 Å². The first-order valence-electron chi connectivity index (χ1n) is 9.01. The molecule has 0 aromatic heterocycles. The number of carbonyl (C=O) groups excluding carboxylic acids is 1. The zero-order chi connectivity index (χ0) is 16.9. The molecule has 3 aliphatic heterocycles. The fourth-order valence-electron chi connectivity index (χ4n) is 4.70. The Bertz CT molecular complexity index is 631. The van der Waals surface area contributed by atoms with Crippen LogP contribution < -0.4 is 10.4 Å². The number of anilines is 1. The average molecular weight is 329 g/mol. The van der Waals surface area contributed by atoms with Crippen LogP contribution in [0.5, 0.6) is 0 Å². The Morgan fingerprint density at radius 2 is 1.88 bits per heavy atom. The molecule has 4 rings (SSSR count). The van der Waals surface area contributed by atoms with Gasteiger partial charge >= 0.3 is 6.09 Å². The number of piperidine rings is 1. The van der Waals surface area contributed by atoms with Crippen molar-refractivity contribution in [2.24, 2.45) is 0 Å². The van der Waals surface area contributed by atoms with Gasteiger partial charge in [-0.1, -0.05) is 32.0 Å². The zero-order valence-corrected chi connectivity index (χ0v) is 14.8. The highest BCUT2D eigenvalue weighted by atomic mass is 16.7. The van der Waals surface area contributed by atoms with E-state index in [-0.39, 0.29) is 17.6 Å². The first kappa shape index (κ1) is 15.8. The molecule has 0 radical (unpaired) electrons. The summed E-state index contributed by atoms with van der Waals surface area (Å²) < 4.78 is 0. The number of hydrogen-bond acceptors (Lipinski definition) is 4. The predicted molar refractivity (Wildman–Crippen MR) is 94.0 cm³/mol. The number of fused-ring (bicyclic) bond motifs is 3. The lowest BCUT2D eigenvalue weighted by Gasteiger charge is -2.36. The van der Waals surface area contributed by atoms with Crippen LogP contribution in [0.15, 0.2) is 24.3 Å². The number of rotatable bonds is 2. The van der Waals surface area contributed by atoms with Crippen LogP contribution in [0.4, 0.5) is 10.5 Å². The largest absolute Gasteiger partial charge is 0.431 e. The van der Waals surface area contributed by atoms with Gasteiger partial charge in [-0.2, -0.15) is 0 Å². The molecule has 2 atom stereocenters. The third-order valence-electron chi connectivity index (χ3n) is 6.05. The normalized spacial score (nSPS) is 31.0. The SMILES string of the molecule is CN1C2CCC1CC(NC(=O)ON1CC(C)(C)c3ccccc31)C2. The van der Waals surface area contributed by atoms with Gasteiger partial charge in [0, 0.05) is 23.5 Å². The van der Waals surface area contributed by atoms with Gasteiger partial charge in [-0.15, -0.1) is 0 Å². The summed E-state index contributed by atoms with van der Waals surface area (Å²) >= 11 is 0. The number of benzene rings is 1. The van der Waals surface area contributed by atoms with Crippen LogP contribution in [0.2, 0.25) is 0 Å². The molecule has 0 saturated carbocycles. The lowest BCUT2D eigenvalue weighted by molar-refractivity contribution is 0.110. The van der Waals surface area contributed by atoms with Crippen LogP contribution in [0.3, 0.4) is 0 Å². The van der Waals surface area contributed by atoms with Gasteiger partial charge in [0.2, 0.25) is 0 Å². The number of hydroxylamine groups is 1. The third kappa shape index (κ3) is 2.65. The van der Waals surface area contributed by atoms with E-state index in [0.29, 0.717) is 18.6 Å². The molecule has 1 amide bonds. The van der Waals surface area contributed by atoms with Crippen molar-refractivity contribution >= 4 is 11.8 Å². The van der Waals surface area contributed by atoms with Crippen molar-refractivity contribution in [1.82, 2.24) is 10.2 Å². The summed E-state index contributed by atoms with van der Waals surface area (Å²) in [5.74, 6) is 0. The van der Waals surface area contributed by atoms with Gasteiger partial charge in [0.25, 0.3) is 0 Å². The zero-order valence-electron chi connectivity index (χ0n) is 14.8. The highest BCUT2D eigenvalue weighted by Crippen LogP contribution is 2.40. The Hall–Kier alpha value is -1.75. The van der Waals surface area contributed by atoms with E-state index in [9.17, 15) is 4.79 Å². The molecule has 24 heavy (non-hydrogen) atoms. The fraction of sp³-hybridized carbons (Fsp3) is 0.632. The van der Waals surface area contributed by atoms with Gasteiger partial charge < -0.3 is 15.1 Å². The first-order chi connectivity index (χ1) is 11.4. The summed E-state index contributed by atoms with van der Waals surface area (Å²) in [5.41, 5.74) is 2.22. The quantitative estimate of drug-likeness (QED) is 0.906. The van der Waals surface area contributed by atoms with Crippen molar-refractivity contribution < 1.29 is 9.63 Å². The van der Waals surface area contributed by atoms with Gasteiger partial charge in [0.15, 0.2) is 0 Å². The molecule has 2 saturated heterocycles. The van der Waals surface area contributed by atoms with E-state index < -0.39 is 0 Å². The number of hydrogen-bond donors (Lipinski definition) is 1. The van der Waals surface area contributed by atoms with Gasteiger partial charge in [-0.3, -0.25) is 0 Å². The van der Waals surface area contributed by atoms with Crippen LogP contribution in [-0.2, 0) is 10.3 Å². The summed E-state index contributed by atoms with van der Waals surface area (Å²) in [6, 6.07) is 9.62. The molecule has 2 fully saturated rings. The van der Waals surface area contributed by atoms with Crippen molar-refractivity contribution in [3.8, 4) is 0 Å². The molecular weight excluding hydrogens is 302 g/mol. The Morgan fingerprint density at radius 3 is 2.58 bits per heavy atom. The molecule has 3 aliphatic rings. The van der Waals surface area contributed by atoms with E-state index in [1.165, 1.54) is 18.4 Å². The van der Waals surface area contributed by atoms with E-state index in [4.69, 9.17) is 4.84 Å². The smallest absolute Gasteiger partial charge is 0.322 e. The lowest BCUT2D eigenvalue weighted by atomic mass is 9.87. The van der Waals surface area contributed by atoms with Crippen LogP contribution in [0, 0.1) is 0 Å². The number of carbonyl (C=O) groups is 1. The summed E-state index contributed by atoms with van der Waals surface area (Å²) in [6.07, 6.45) is 4.25. The summed E-state index contributed by atoms with van der Waals surface area (Å²) in [5, 5.41) is 4.84. The molecule has 130 valence electrons. The van der Waals surface area contributed by atoms with E-state index in [2.05, 4.69) is 37.2 Å². The second kappa shape index (κ2) is 5.66. The second-order valence-electron chi connectivity index (χ2n) is 8.18. The lowest BCUT2D eigenvalue weighted by Crippen LogP contribution is -2.49. The number of para-hydroxylation sites is 1. The average Bonchev–Trinajstić information content (AvgIpc) is 2.89. The minimum absolute atomic E-state index is 0.0104. The van der Waals surface area contributed by atoms with E-state index >= 15 is 0 Å². The first-order valence-corrected chi connectivity index (χ1v) is 9.01.